The minimum atomic E-state index is 0.0188. The number of carbonyl (C=O) groups is 1. The van der Waals surface area contributed by atoms with Crippen molar-refractivity contribution in [3.05, 3.63) is 53.1 Å². The van der Waals surface area contributed by atoms with Crippen molar-refractivity contribution in [2.45, 2.75) is 13.0 Å². The minimum absolute atomic E-state index is 0.0188. The van der Waals surface area contributed by atoms with E-state index in [0.29, 0.717) is 25.4 Å². The summed E-state index contributed by atoms with van der Waals surface area (Å²) in [7, 11) is 0. The molecule has 2 heterocycles. The second-order valence-corrected chi connectivity index (χ2v) is 7.84. The molecule has 0 radical (unpaired) electrons. The molecule has 1 saturated heterocycles. The van der Waals surface area contributed by atoms with Crippen LogP contribution >= 0.6 is 11.6 Å². The summed E-state index contributed by atoms with van der Waals surface area (Å²) < 4.78 is 11.1. The largest absolute Gasteiger partial charge is 0.486 e. The van der Waals surface area contributed by atoms with E-state index < -0.39 is 0 Å². The molecule has 0 spiro atoms. The first-order chi connectivity index (χ1) is 14.2. The number of hydrogen-bond acceptors (Lipinski definition) is 5. The van der Waals surface area contributed by atoms with Crippen molar-refractivity contribution in [3.63, 3.8) is 0 Å². The van der Waals surface area contributed by atoms with E-state index in [-0.39, 0.29) is 5.91 Å². The van der Waals surface area contributed by atoms with Crippen molar-refractivity contribution in [2.75, 3.05) is 51.3 Å². The lowest BCUT2D eigenvalue weighted by molar-refractivity contribution is -0.116. The van der Waals surface area contributed by atoms with Gasteiger partial charge in [-0.05, 0) is 29.8 Å². The molecule has 2 aliphatic heterocycles. The van der Waals surface area contributed by atoms with Gasteiger partial charge in [-0.2, -0.15) is 0 Å². The van der Waals surface area contributed by atoms with Gasteiger partial charge in [0.25, 0.3) is 0 Å². The number of hydrogen-bond donors (Lipinski definition) is 1. The van der Waals surface area contributed by atoms with Gasteiger partial charge in [0.2, 0.25) is 5.91 Å². The summed E-state index contributed by atoms with van der Waals surface area (Å²) in [5.41, 5.74) is 2.02. The van der Waals surface area contributed by atoms with Crippen LogP contribution in [0.1, 0.15) is 12.0 Å². The zero-order valence-corrected chi connectivity index (χ0v) is 17.2. The monoisotopic (exact) mass is 415 g/mol. The maximum Gasteiger partial charge on any atom is 0.225 e. The van der Waals surface area contributed by atoms with Crippen molar-refractivity contribution < 1.29 is 14.3 Å². The number of halogens is 1. The molecule has 0 bridgehead atoms. The first kappa shape index (κ1) is 20.0. The number of anilines is 1. The summed E-state index contributed by atoms with van der Waals surface area (Å²) in [4.78, 5) is 17.1. The quantitative estimate of drug-likeness (QED) is 0.784. The van der Waals surface area contributed by atoms with Gasteiger partial charge in [0.05, 0.1) is 0 Å². The zero-order chi connectivity index (χ0) is 20.1. The van der Waals surface area contributed by atoms with Crippen LogP contribution in [0.4, 0.5) is 5.69 Å². The predicted octanol–water partition coefficient (Wildman–Crippen LogP) is 3.26. The van der Waals surface area contributed by atoms with E-state index in [1.165, 1.54) is 5.56 Å². The molecule has 1 fully saturated rings. The average molecular weight is 416 g/mol. The number of benzene rings is 2. The number of nitrogens with zero attached hydrogens (tertiary/aromatic N) is 2. The third-order valence-corrected chi connectivity index (χ3v) is 5.52. The van der Waals surface area contributed by atoms with Crippen molar-refractivity contribution in [3.8, 4) is 11.5 Å². The fourth-order valence-electron chi connectivity index (χ4n) is 3.62. The van der Waals surface area contributed by atoms with Gasteiger partial charge < -0.3 is 19.7 Å². The fourth-order valence-corrected chi connectivity index (χ4v) is 3.75. The molecule has 2 aromatic rings. The second kappa shape index (κ2) is 9.48. The van der Waals surface area contributed by atoms with Gasteiger partial charge in [-0.1, -0.05) is 23.7 Å². The highest BCUT2D eigenvalue weighted by Crippen LogP contribution is 2.32. The number of carbonyl (C=O) groups excluding carboxylic acids is 1. The molecule has 0 atom stereocenters. The highest BCUT2D eigenvalue weighted by Gasteiger charge is 2.18. The Morgan fingerprint density at radius 3 is 2.38 bits per heavy atom. The van der Waals surface area contributed by atoms with Crippen LogP contribution in [0.5, 0.6) is 11.5 Å². The molecule has 6 nitrogen and oxygen atoms in total. The normalized spacial score (nSPS) is 17.1. The van der Waals surface area contributed by atoms with Crippen LogP contribution in [-0.2, 0) is 11.3 Å². The maximum atomic E-state index is 12.3. The van der Waals surface area contributed by atoms with Gasteiger partial charge >= 0.3 is 0 Å². The number of nitrogens with one attached hydrogen (secondary N) is 1. The Morgan fingerprint density at radius 1 is 0.931 bits per heavy atom. The van der Waals surface area contributed by atoms with Crippen LogP contribution in [0.15, 0.2) is 42.5 Å². The molecule has 1 amide bonds. The summed E-state index contributed by atoms with van der Waals surface area (Å²) in [6, 6.07) is 13.5. The number of fused-ring (bicyclic) bond motifs is 1. The molecular formula is C22H26ClN3O3. The lowest BCUT2D eigenvalue weighted by Gasteiger charge is -2.34. The molecule has 1 N–H and O–H groups in total. The Bertz CT molecular complexity index is 836. The van der Waals surface area contributed by atoms with Gasteiger partial charge in [0, 0.05) is 62.5 Å². The SMILES string of the molecule is O=C(CCN1CCN(Cc2ccc(Cl)cc2)CC1)Nc1ccc2c(c1)OCCO2. The van der Waals surface area contributed by atoms with Gasteiger partial charge in [-0.3, -0.25) is 9.69 Å². The van der Waals surface area contributed by atoms with Crippen molar-refractivity contribution in [1.29, 1.82) is 0 Å². The van der Waals surface area contributed by atoms with E-state index >= 15 is 0 Å². The molecule has 7 heteroatoms. The lowest BCUT2D eigenvalue weighted by Crippen LogP contribution is -2.46. The number of rotatable bonds is 6. The van der Waals surface area contributed by atoms with Gasteiger partial charge in [-0.15, -0.1) is 0 Å². The zero-order valence-electron chi connectivity index (χ0n) is 16.4. The molecule has 0 aromatic heterocycles. The average Bonchev–Trinajstić information content (AvgIpc) is 2.75. The standard InChI is InChI=1S/C22H26ClN3O3/c23-18-3-1-17(2-4-18)16-26-11-9-25(10-12-26)8-7-22(27)24-19-5-6-20-21(15-19)29-14-13-28-20/h1-6,15H,7-14,16H2,(H,24,27). The minimum Gasteiger partial charge on any atom is -0.486 e. The Morgan fingerprint density at radius 2 is 1.62 bits per heavy atom. The Kier molecular flexibility index (Phi) is 6.54. The first-order valence-corrected chi connectivity index (χ1v) is 10.4. The smallest absolute Gasteiger partial charge is 0.225 e. The highest BCUT2D eigenvalue weighted by molar-refractivity contribution is 6.30. The third kappa shape index (κ3) is 5.63. The van der Waals surface area contributed by atoms with Crippen LogP contribution in [0, 0.1) is 0 Å². The highest BCUT2D eigenvalue weighted by atomic mass is 35.5. The van der Waals surface area contributed by atoms with E-state index in [2.05, 4.69) is 27.2 Å². The number of amides is 1. The third-order valence-electron chi connectivity index (χ3n) is 5.27. The second-order valence-electron chi connectivity index (χ2n) is 7.40. The maximum absolute atomic E-state index is 12.3. The summed E-state index contributed by atoms with van der Waals surface area (Å²) in [5.74, 6) is 1.43. The van der Waals surface area contributed by atoms with Gasteiger partial charge in [0.15, 0.2) is 11.5 Å². The number of ether oxygens (including phenoxy) is 2. The van der Waals surface area contributed by atoms with Crippen LogP contribution in [0.3, 0.4) is 0 Å². The van der Waals surface area contributed by atoms with Crippen LogP contribution in [0.2, 0.25) is 5.02 Å². The van der Waals surface area contributed by atoms with E-state index in [4.69, 9.17) is 21.1 Å². The molecule has 2 aromatic carbocycles. The summed E-state index contributed by atoms with van der Waals surface area (Å²) in [5, 5.41) is 3.73. The van der Waals surface area contributed by atoms with Crippen LogP contribution in [0.25, 0.3) is 0 Å². The van der Waals surface area contributed by atoms with Crippen molar-refractivity contribution >= 4 is 23.2 Å². The van der Waals surface area contributed by atoms with Gasteiger partial charge in [0.1, 0.15) is 13.2 Å². The molecule has 0 unspecified atom stereocenters. The summed E-state index contributed by atoms with van der Waals surface area (Å²) in [6.45, 7) is 6.77. The van der Waals surface area contributed by atoms with Crippen LogP contribution < -0.4 is 14.8 Å². The first-order valence-electron chi connectivity index (χ1n) is 10.0. The topological polar surface area (TPSA) is 54.0 Å². The van der Waals surface area contributed by atoms with Crippen LogP contribution in [-0.4, -0.2) is 61.6 Å². The number of piperazine rings is 1. The molecule has 0 aliphatic carbocycles. The molecular weight excluding hydrogens is 390 g/mol. The molecule has 2 aliphatic rings. The van der Waals surface area contributed by atoms with E-state index in [1.807, 2.05) is 30.3 Å². The van der Waals surface area contributed by atoms with E-state index in [0.717, 1.165) is 55.7 Å². The predicted molar refractivity (Wildman–Crippen MR) is 114 cm³/mol. The molecule has 4 rings (SSSR count). The molecule has 29 heavy (non-hydrogen) atoms. The summed E-state index contributed by atoms with van der Waals surface area (Å²) >= 11 is 5.95. The van der Waals surface area contributed by atoms with Crippen molar-refractivity contribution in [1.82, 2.24) is 9.80 Å². The van der Waals surface area contributed by atoms with E-state index in [9.17, 15) is 4.79 Å². The van der Waals surface area contributed by atoms with Gasteiger partial charge in [-0.25, -0.2) is 0 Å². The Balaban J connectivity index is 1.18. The van der Waals surface area contributed by atoms with E-state index in [1.54, 1.807) is 0 Å². The fraction of sp³-hybridized carbons (Fsp3) is 0.409. The molecule has 0 saturated carbocycles. The lowest BCUT2D eigenvalue weighted by atomic mass is 10.2. The Hall–Kier alpha value is -2.28. The summed E-state index contributed by atoms with van der Waals surface area (Å²) in [6.07, 6.45) is 0.478. The molecule has 154 valence electrons. The Labute approximate surface area is 176 Å². The van der Waals surface area contributed by atoms with Crippen molar-refractivity contribution in [2.24, 2.45) is 0 Å².